The van der Waals surface area contributed by atoms with E-state index in [-0.39, 0.29) is 5.75 Å². The minimum atomic E-state index is -2.86. The fourth-order valence-electron chi connectivity index (χ4n) is 1.50. The lowest BCUT2D eigenvalue weighted by atomic mass is 10.4. The number of nitrogens with one attached hydrogen (secondary N) is 1. The van der Waals surface area contributed by atoms with E-state index < -0.39 is 9.84 Å². The summed E-state index contributed by atoms with van der Waals surface area (Å²) in [7, 11) is -2.86. The van der Waals surface area contributed by atoms with Gasteiger partial charge in [0.1, 0.15) is 9.84 Å². The second-order valence-electron chi connectivity index (χ2n) is 4.23. The van der Waals surface area contributed by atoms with Crippen molar-refractivity contribution in [2.75, 3.05) is 18.6 Å². The normalized spacial score (nSPS) is 11.9. The van der Waals surface area contributed by atoms with E-state index in [4.69, 9.17) is 0 Å². The van der Waals surface area contributed by atoms with Crippen molar-refractivity contribution in [3.8, 4) is 0 Å². The number of nitrogens with zero attached hydrogens (tertiary/aromatic N) is 2. The molecule has 98 valence electrons. The third-order valence-electron chi connectivity index (χ3n) is 2.33. The zero-order chi connectivity index (χ0) is 12.7. The molecule has 5 nitrogen and oxygen atoms in total. The van der Waals surface area contributed by atoms with Crippen molar-refractivity contribution >= 4 is 9.84 Å². The highest BCUT2D eigenvalue weighted by atomic mass is 32.2. The van der Waals surface area contributed by atoms with Gasteiger partial charge in [0.25, 0.3) is 0 Å². The molecule has 1 rings (SSSR count). The average molecular weight is 259 g/mol. The van der Waals surface area contributed by atoms with Gasteiger partial charge in [0, 0.05) is 25.5 Å². The summed E-state index contributed by atoms with van der Waals surface area (Å²) >= 11 is 0. The summed E-state index contributed by atoms with van der Waals surface area (Å²) in [6.07, 6.45) is 4.87. The van der Waals surface area contributed by atoms with Crippen LogP contribution >= 0.6 is 0 Å². The van der Waals surface area contributed by atoms with Gasteiger partial charge in [0.05, 0.1) is 11.4 Å². The number of aromatic nitrogens is 2. The SMILES string of the molecule is CCCNCc1ccn(CCCS(C)(=O)=O)n1. The molecular weight excluding hydrogens is 238 g/mol. The van der Waals surface area contributed by atoms with Crippen LogP contribution in [0.2, 0.25) is 0 Å². The van der Waals surface area contributed by atoms with Crippen LogP contribution in [0.1, 0.15) is 25.5 Å². The molecule has 0 aliphatic rings. The highest BCUT2D eigenvalue weighted by Crippen LogP contribution is 1.98. The fraction of sp³-hybridized carbons (Fsp3) is 0.727. The molecular formula is C11H21N3O2S. The van der Waals surface area contributed by atoms with Gasteiger partial charge in [-0.25, -0.2) is 8.42 Å². The zero-order valence-corrected chi connectivity index (χ0v) is 11.3. The first kappa shape index (κ1) is 14.2. The second-order valence-corrected chi connectivity index (χ2v) is 6.49. The summed E-state index contributed by atoms with van der Waals surface area (Å²) in [6.45, 7) is 4.53. The number of rotatable bonds is 8. The van der Waals surface area contributed by atoms with Gasteiger partial charge in [-0.05, 0) is 25.5 Å². The molecule has 0 spiro atoms. The minimum absolute atomic E-state index is 0.219. The topological polar surface area (TPSA) is 64.0 Å². The molecule has 6 heteroatoms. The number of aryl methyl sites for hydroxylation is 1. The van der Waals surface area contributed by atoms with Crippen molar-refractivity contribution in [1.82, 2.24) is 15.1 Å². The number of sulfone groups is 1. The van der Waals surface area contributed by atoms with Crippen LogP contribution in [-0.4, -0.2) is 36.8 Å². The number of hydrogen-bond donors (Lipinski definition) is 1. The first-order valence-corrected chi connectivity index (χ1v) is 7.98. The van der Waals surface area contributed by atoms with Gasteiger partial charge < -0.3 is 5.32 Å². The van der Waals surface area contributed by atoms with E-state index in [0.717, 1.165) is 25.2 Å². The summed E-state index contributed by atoms with van der Waals surface area (Å²) in [5.74, 6) is 0.219. The van der Waals surface area contributed by atoms with Gasteiger partial charge in [-0.15, -0.1) is 0 Å². The van der Waals surface area contributed by atoms with Crippen LogP contribution in [0.25, 0.3) is 0 Å². The van der Waals surface area contributed by atoms with Gasteiger partial charge in [0.2, 0.25) is 0 Å². The van der Waals surface area contributed by atoms with E-state index >= 15 is 0 Å². The molecule has 1 heterocycles. The standard InChI is InChI=1S/C11H21N3O2S/c1-3-6-12-10-11-5-8-14(13-11)7-4-9-17(2,15)16/h5,8,12H,3-4,6-7,9-10H2,1-2H3. The third-order valence-corrected chi connectivity index (χ3v) is 3.36. The third kappa shape index (κ3) is 6.43. The molecule has 0 aromatic carbocycles. The maximum atomic E-state index is 11.0. The van der Waals surface area contributed by atoms with E-state index in [0.29, 0.717) is 13.0 Å². The summed E-state index contributed by atoms with van der Waals surface area (Å²) in [6, 6.07) is 1.96. The molecule has 0 saturated carbocycles. The van der Waals surface area contributed by atoms with Crippen LogP contribution in [0.3, 0.4) is 0 Å². The van der Waals surface area contributed by atoms with Crippen molar-refractivity contribution in [2.45, 2.75) is 32.9 Å². The maximum Gasteiger partial charge on any atom is 0.147 e. The smallest absolute Gasteiger partial charge is 0.147 e. The Kier molecular flexibility index (Phi) is 5.64. The second kappa shape index (κ2) is 6.76. The Bertz CT molecular complexity index is 426. The van der Waals surface area contributed by atoms with Crippen molar-refractivity contribution in [3.63, 3.8) is 0 Å². The van der Waals surface area contributed by atoms with E-state index in [1.165, 1.54) is 6.26 Å². The molecule has 0 atom stereocenters. The van der Waals surface area contributed by atoms with Gasteiger partial charge in [0.15, 0.2) is 0 Å². The van der Waals surface area contributed by atoms with Gasteiger partial charge in [-0.2, -0.15) is 5.10 Å². The maximum absolute atomic E-state index is 11.0. The minimum Gasteiger partial charge on any atom is -0.311 e. The molecule has 0 bridgehead atoms. The molecule has 17 heavy (non-hydrogen) atoms. The van der Waals surface area contributed by atoms with Crippen LogP contribution < -0.4 is 5.32 Å². The van der Waals surface area contributed by atoms with E-state index in [2.05, 4.69) is 17.3 Å². The average Bonchev–Trinajstić information content (AvgIpc) is 2.64. The van der Waals surface area contributed by atoms with E-state index in [1.807, 2.05) is 12.3 Å². The first-order valence-electron chi connectivity index (χ1n) is 5.92. The Labute approximate surface area is 103 Å². The van der Waals surface area contributed by atoms with Crippen LogP contribution in [0.15, 0.2) is 12.3 Å². The van der Waals surface area contributed by atoms with Crippen LogP contribution in [0, 0.1) is 0 Å². The lowest BCUT2D eigenvalue weighted by Gasteiger charge is -2.01. The summed E-state index contributed by atoms with van der Waals surface area (Å²) < 4.78 is 23.7. The molecule has 0 fully saturated rings. The van der Waals surface area contributed by atoms with E-state index in [9.17, 15) is 8.42 Å². The Hall–Kier alpha value is -0.880. The van der Waals surface area contributed by atoms with Crippen LogP contribution in [0.4, 0.5) is 0 Å². The fourth-order valence-corrected chi connectivity index (χ4v) is 2.16. The Morgan fingerprint density at radius 3 is 2.88 bits per heavy atom. The van der Waals surface area contributed by atoms with Crippen molar-refractivity contribution in [2.24, 2.45) is 0 Å². The Morgan fingerprint density at radius 1 is 1.47 bits per heavy atom. The van der Waals surface area contributed by atoms with Crippen molar-refractivity contribution in [3.05, 3.63) is 18.0 Å². The van der Waals surface area contributed by atoms with Gasteiger partial charge in [-0.1, -0.05) is 6.92 Å². The van der Waals surface area contributed by atoms with Crippen molar-refractivity contribution < 1.29 is 8.42 Å². The molecule has 0 unspecified atom stereocenters. The first-order chi connectivity index (χ1) is 8.01. The molecule has 0 aliphatic heterocycles. The molecule has 0 saturated heterocycles. The highest BCUT2D eigenvalue weighted by molar-refractivity contribution is 7.90. The molecule has 1 aromatic heterocycles. The molecule has 1 aromatic rings. The summed E-state index contributed by atoms with van der Waals surface area (Å²) in [4.78, 5) is 0. The number of hydrogen-bond acceptors (Lipinski definition) is 4. The highest BCUT2D eigenvalue weighted by Gasteiger charge is 2.03. The Morgan fingerprint density at radius 2 is 2.24 bits per heavy atom. The predicted molar refractivity (Wildman–Crippen MR) is 68.6 cm³/mol. The summed E-state index contributed by atoms with van der Waals surface area (Å²) in [5.41, 5.74) is 0.998. The monoisotopic (exact) mass is 259 g/mol. The largest absolute Gasteiger partial charge is 0.311 e. The van der Waals surface area contributed by atoms with Crippen LogP contribution in [-0.2, 0) is 22.9 Å². The molecule has 1 N–H and O–H groups in total. The lowest BCUT2D eigenvalue weighted by Crippen LogP contribution is -2.14. The molecule has 0 amide bonds. The van der Waals surface area contributed by atoms with Gasteiger partial charge in [-0.3, -0.25) is 4.68 Å². The quantitative estimate of drug-likeness (QED) is 0.702. The predicted octanol–water partition coefficient (Wildman–Crippen LogP) is 0.817. The van der Waals surface area contributed by atoms with Gasteiger partial charge >= 0.3 is 0 Å². The lowest BCUT2D eigenvalue weighted by molar-refractivity contribution is 0.567. The van der Waals surface area contributed by atoms with E-state index in [1.54, 1.807) is 4.68 Å². The van der Waals surface area contributed by atoms with Crippen molar-refractivity contribution in [1.29, 1.82) is 0 Å². The molecule has 0 aliphatic carbocycles. The Balaban J connectivity index is 2.30. The zero-order valence-electron chi connectivity index (χ0n) is 10.5. The molecule has 0 radical (unpaired) electrons. The summed E-state index contributed by atoms with van der Waals surface area (Å²) in [5, 5.41) is 7.63. The van der Waals surface area contributed by atoms with Crippen LogP contribution in [0.5, 0.6) is 0 Å².